The third-order valence-electron chi connectivity index (χ3n) is 3.18. The van der Waals surface area contributed by atoms with Crippen molar-refractivity contribution in [3.63, 3.8) is 0 Å². The van der Waals surface area contributed by atoms with Gasteiger partial charge in [0.25, 0.3) is 5.91 Å². The van der Waals surface area contributed by atoms with Gasteiger partial charge in [-0.2, -0.15) is 0 Å². The van der Waals surface area contributed by atoms with E-state index in [0.29, 0.717) is 6.17 Å². The number of hydrogen-bond acceptors (Lipinski definition) is 5. The van der Waals surface area contributed by atoms with E-state index in [1.807, 2.05) is 0 Å². The molecule has 3 atom stereocenters. The van der Waals surface area contributed by atoms with Crippen molar-refractivity contribution in [3.8, 4) is 0 Å². The molecule has 2 rings (SSSR count). The van der Waals surface area contributed by atoms with Gasteiger partial charge >= 0.3 is 5.97 Å². The highest BCUT2D eigenvalue weighted by Gasteiger charge is 2.59. The minimum absolute atomic E-state index is 0.144. The second-order valence-corrected chi connectivity index (χ2v) is 12.5. The molecule has 0 radical (unpaired) electrons. The number of likely N-dealkylation sites (tertiary alicyclic amines) is 1. The van der Waals surface area contributed by atoms with Crippen molar-refractivity contribution in [3.05, 3.63) is 0 Å². The fourth-order valence-electron chi connectivity index (χ4n) is 2.63. The van der Waals surface area contributed by atoms with E-state index < -0.39 is 38.3 Å². The minimum atomic E-state index is -1.54. The van der Waals surface area contributed by atoms with E-state index in [1.54, 1.807) is 18.7 Å². The van der Waals surface area contributed by atoms with Crippen LogP contribution in [0, 0.1) is 0 Å². The number of amides is 1. The molecule has 6 nitrogen and oxygen atoms in total. The molecule has 0 N–H and O–H groups in total. The maximum absolute atomic E-state index is 12.5. The van der Waals surface area contributed by atoms with Crippen molar-refractivity contribution in [1.82, 2.24) is 4.90 Å². The second kappa shape index (κ2) is 4.82. The molecule has 20 heavy (non-hydrogen) atoms. The predicted octanol–water partition coefficient (Wildman–Crippen LogP) is 1.12. The van der Waals surface area contributed by atoms with Gasteiger partial charge in [-0.05, 0) is 13.8 Å². The van der Waals surface area contributed by atoms with Gasteiger partial charge in [0.05, 0.1) is 8.07 Å². The smallest absolute Gasteiger partial charge is 0.304 e. The number of nitrogens with zero attached hydrogens (tertiary/aromatic N) is 1. The first-order chi connectivity index (χ1) is 9.00. The molecule has 0 aliphatic carbocycles. The Morgan fingerprint density at radius 2 is 1.95 bits per heavy atom. The summed E-state index contributed by atoms with van der Waals surface area (Å²) in [6.07, 6.45) is -1.29. The molecule has 114 valence electrons. The Hall–Kier alpha value is -0.923. The Morgan fingerprint density at radius 3 is 2.45 bits per heavy atom. The van der Waals surface area contributed by atoms with Crippen LogP contribution in [0.3, 0.4) is 0 Å². The predicted molar refractivity (Wildman–Crippen MR) is 74.4 cm³/mol. The average molecular weight is 301 g/mol. The van der Waals surface area contributed by atoms with E-state index in [4.69, 9.17) is 14.2 Å². The summed E-state index contributed by atoms with van der Waals surface area (Å²) in [5.74, 6) is -1.39. The quantitative estimate of drug-likeness (QED) is 0.577. The maximum Gasteiger partial charge on any atom is 0.304 e. The first kappa shape index (κ1) is 15.5. The largest absolute Gasteiger partial charge is 0.439 e. The summed E-state index contributed by atoms with van der Waals surface area (Å²) in [6, 6.07) is 0. The highest BCUT2D eigenvalue weighted by Crippen LogP contribution is 2.38. The highest BCUT2D eigenvalue weighted by molar-refractivity contribution is 6.76. The van der Waals surface area contributed by atoms with Crippen molar-refractivity contribution >= 4 is 20.0 Å². The molecular formula is C13H23NO5Si. The van der Waals surface area contributed by atoms with Crippen LogP contribution in [0.4, 0.5) is 0 Å². The molecule has 7 heteroatoms. The molecule has 0 spiro atoms. The Labute approximate surface area is 120 Å². The van der Waals surface area contributed by atoms with Crippen molar-refractivity contribution < 1.29 is 23.8 Å². The maximum atomic E-state index is 12.5. The summed E-state index contributed by atoms with van der Waals surface area (Å²) < 4.78 is 16.7. The SMILES string of the molecule is CC(=O)OC1[C@H]2OC(C)(C)O[C@H]2C(=O)N1C[Si](C)(C)C. The summed E-state index contributed by atoms with van der Waals surface area (Å²) in [5, 5.41) is 0. The number of ether oxygens (including phenoxy) is 3. The fourth-order valence-corrected chi connectivity index (χ4v) is 3.99. The molecule has 2 aliphatic rings. The van der Waals surface area contributed by atoms with E-state index >= 15 is 0 Å². The van der Waals surface area contributed by atoms with Crippen LogP contribution in [0.1, 0.15) is 20.8 Å². The second-order valence-electron chi connectivity index (χ2n) is 7.05. The molecule has 0 aromatic rings. The van der Waals surface area contributed by atoms with Gasteiger partial charge in [-0.3, -0.25) is 9.59 Å². The standard InChI is InChI=1S/C13H23NO5Si/c1-8(15)17-12-10-9(18-13(2,3)19-10)11(16)14(12)7-20(4,5)6/h9-10,12H,7H2,1-6H3/t9-,10+,12?/m1/s1. The molecule has 2 saturated heterocycles. The van der Waals surface area contributed by atoms with E-state index in [-0.39, 0.29) is 5.91 Å². The molecule has 1 unspecified atom stereocenters. The van der Waals surface area contributed by atoms with E-state index in [0.717, 1.165) is 0 Å². The molecule has 0 saturated carbocycles. The number of rotatable bonds is 3. The van der Waals surface area contributed by atoms with Gasteiger partial charge in [-0.25, -0.2) is 0 Å². The van der Waals surface area contributed by atoms with Gasteiger partial charge < -0.3 is 19.1 Å². The van der Waals surface area contributed by atoms with Crippen LogP contribution in [-0.4, -0.2) is 55.2 Å². The number of carbonyl (C=O) groups is 2. The lowest BCUT2D eigenvalue weighted by atomic mass is 10.2. The van der Waals surface area contributed by atoms with E-state index in [1.165, 1.54) is 6.92 Å². The van der Waals surface area contributed by atoms with Gasteiger partial charge in [0.15, 0.2) is 18.0 Å². The van der Waals surface area contributed by atoms with Crippen molar-refractivity contribution in [2.24, 2.45) is 0 Å². The van der Waals surface area contributed by atoms with Gasteiger partial charge in [0.1, 0.15) is 0 Å². The van der Waals surface area contributed by atoms with Crippen LogP contribution < -0.4 is 0 Å². The van der Waals surface area contributed by atoms with Gasteiger partial charge in [0.2, 0.25) is 6.23 Å². The summed E-state index contributed by atoms with van der Waals surface area (Å²) in [6.45, 7) is 11.3. The zero-order valence-corrected chi connectivity index (χ0v) is 13.9. The van der Waals surface area contributed by atoms with Crippen molar-refractivity contribution in [2.75, 3.05) is 6.17 Å². The summed E-state index contributed by atoms with van der Waals surface area (Å²) >= 11 is 0. The Morgan fingerprint density at radius 1 is 1.35 bits per heavy atom. The first-order valence-corrected chi connectivity index (χ1v) is 10.5. The van der Waals surface area contributed by atoms with E-state index in [2.05, 4.69) is 19.6 Å². The highest BCUT2D eigenvalue weighted by atomic mass is 28.3. The average Bonchev–Trinajstić information content (AvgIpc) is 2.65. The monoisotopic (exact) mass is 301 g/mol. The number of hydrogen-bond donors (Lipinski definition) is 0. The van der Waals surface area contributed by atoms with Crippen molar-refractivity contribution in [1.29, 1.82) is 0 Å². The topological polar surface area (TPSA) is 65.1 Å². The van der Waals surface area contributed by atoms with Crippen LogP contribution in [0.2, 0.25) is 19.6 Å². The molecule has 2 aliphatic heterocycles. The Bertz CT molecular complexity index is 431. The summed E-state index contributed by atoms with van der Waals surface area (Å²) in [7, 11) is -1.54. The van der Waals surface area contributed by atoms with Gasteiger partial charge in [-0.15, -0.1) is 0 Å². The zero-order valence-electron chi connectivity index (χ0n) is 12.9. The molecule has 0 aromatic heterocycles. The third-order valence-corrected chi connectivity index (χ3v) is 4.46. The summed E-state index contributed by atoms with van der Waals surface area (Å²) in [4.78, 5) is 25.4. The summed E-state index contributed by atoms with van der Waals surface area (Å²) in [5.41, 5.74) is 0. The lowest BCUT2D eigenvalue weighted by Crippen LogP contribution is -2.49. The van der Waals surface area contributed by atoms with Gasteiger partial charge in [0, 0.05) is 13.1 Å². The molecule has 1 amide bonds. The van der Waals surface area contributed by atoms with Crippen LogP contribution in [0.25, 0.3) is 0 Å². The Kier molecular flexibility index (Phi) is 3.73. The Balaban J connectivity index is 2.25. The molecule has 2 fully saturated rings. The number of fused-ring (bicyclic) bond motifs is 1. The van der Waals surface area contributed by atoms with Crippen molar-refractivity contribution in [2.45, 2.75) is 64.6 Å². The lowest BCUT2D eigenvalue weighted by molar-refractivity contribution is -0.195. The normalized spacial score (nSPS) is 32.4. The fraction of sp³-hybridized carbons (Fsp3) is 0.846. The third kappa shape index (κ3) is 3.04. The molecule has 0 aromatic carbocycles. The first-order valence-electron chi connectivity index (χ1n) is 6.83. The number of carbonyl (C=O) groups excluding carboxylic acids is 2. The van der Waals surface area contributed by atoms with E-state index in [9.17, 15) is 9.59 Å². The molecule has 0 bridgehead atoms. The molecule has 2 heterocycles. The van der Waals surface area contributed by atoms with Crippen LogP contribution in [-0.2, 0) is 23.8 Å². The lowest BCUT2D eigenvalue weighted by Gasteiger charge is -2.32. The van der Waals surface area contributed by atoms with Gasteiger partial charge in [-0.1, -0.05) is 19.6 Å². The van der Waals surface area contributed by atoms with Crippen LogP contribution in [0.5, 0.6) is 0 Å². The molecular weight excluding hydrogens is 278 g/mol. The van der Waals surface area contributed by atoms with Crippen LogP contribution in [0.15, 0.2) is 0 Å². The number of esters is 1. The van der Waals surface area contributed by atoms with Crippen LogP contribution >= 0.6 is 0 Å². The zero-order chi connectivity index (χ0) is 15.3. The minimum Gasteiger partial charge on any atom is -0.439 e.